The molecule has 8 heteroatoms. The van der Waals surface area contributed by atoms with Gasteiger partial charge in [0.25, 0.3) is 5.91 Å². The summed E-state index contributed by atoms with van der Waals surface area (Å²) in [7, 11) is 0. The molecule has 0 saturated carbocycles. The van der Waals surface area contributed by atoms with Crippen molar-refractivity contribution in [3.8, 4) is 11.4 Å². The lowest BCUT2D eigenvalue weighted by Crippen LogP contribution is -2.39. The predicted octanol–water partition coefficient (Wildman–Crippen LogP) is 2.99. The summed E-state index contributed by atoms with van der Waals surface area (Å²) in [6.45, 7) is 2.91. The van der Waals surface area contributed by atoms with Gasteiger partial charge in [-0.25, -0.2) is 14.4 Å². The summed E-state index contributed by atoms with van der Waals surface area (Å²) >= 11 is 0. The van der Waals surface area contributed by atoms with Crippen LogP contribution in [0.4, 0.5) is 4.39 Å². The van der Waals surface area contributed by atoms with Crippen LogP contribution in [-0.2, 0) is 0 Å². The molecule has 2 aromatic heterocycles. The molecule has 0 N–H and O–H groups in total. The predicted molar refractivity (Wildman–Crippen MR) is 94.3 cm³/mol. The summed E-state index contributed by atoms with van der Waals surface area (Å²) in [6, 6.07) is 5.63. The molecule has 1 fully saturated rings. The SMILES string of the molecule is Cc1nc(-c2cncnc2C2CCCN(C(=O)c3ccc(F)cc3)C2)no1. The topological polar surface area (TPSA) is 85.0 Å². The smallest absolute Gasteiger partial charge is 0.253 e. The molecule has 0 bridgehead atoms. The van der Waals surface area contributed by atoms with Crippen LogP contribution in [0.3, 0.4) is 0 Å². The highest BCUT2D eigenvalue weighted by molar-refractivity contribution is 5.94. The molecule has 1 aliphatic heterocycles. The summed E-state index contributed by atoms with van der Waals surface area (Å²) in [6.07, 6.45) is 4.92. The molecule has 0 aliphatic carbocycles. The maximum absolute atomic E-state index is 13.1. The van der Waals surface area contributed by atoms with E-state index in [4.69, 9.17) is 4.52 Å². The Hall–Kier alpha value is -3.16. The van der Waals surface area contributed by atoms with Gasteiger partial charge in [-0.15, -0.1) is 0 Å². The van der Waals surface area contributed by atoms with Gasteiger partial charge in [0.15, 0.2) is 0 Å². The van der Waals surface area contributed by atoms with Gasteiger partial charge in [-0.05, 0) is 37.1 Å². The summed E-state index contributed by atoms with van der Waals surface area (Å²) in [5.74, 6) is 0.497. The number of benzene rings is 1. The minimum atomic E-state index is -0.357. The molecule has 7 nitrogen and oxygen atoms in total. The fraction of sp³-hybridized carbons (Fsp3) is 0.316. The maximum atomic E-state index is 13.1. The largest absolute Gasteiger partial charge is 0.339 e. The van der Waals surface area contributed by atoms with E-state index in [0.717, 1.165) is 24.1 Å². The number of piperidine rings is 1. The lowest BCUT2D eigenvalue weighted by atomic mass is 9.91. The van der Waals surface area contributed by atoms with Crippen LogP contribution >= 0.6 is 0 Å². The van der Waals surface area contributed by atoms with Crippen molar-refractivity contribution in [2.24, 2.45) is 0 Å². The number of likely N-dealkylation sites (tertiary alicyclic amines) is 1. The van der Waals surface area contributed by atoms with Crippen molar-refractivity contribution in [1.29, 1.82) is 0 Å². The number of nitrogens with zero attached hydrogens (tertiary/aromatic N) is 5. The van der Waals surface area contributed by atoms with Gasteiger partial charge >= 0.3 is 0 Å². The van der Waals surface area contributed by atoms with Gasteiger partial charge in [0.2, 0.25) is 11.7 Å². The van der Waals surface area contributed by atoms with E-state index in [0.29, 0.717) is 30.4 Å². The Kier molecular flexibility index (Phi) is 4.62. The summed E-state index contributed by atoms with van der Waals surface area (Å²) in [5.41, 5.74) is 2.01. The average molecular weight is 367 g/mol. The second kappa shape index (κ2) is 7.22. The van der Waals surface area contributed by atoms with E-state index >= 15 is 0 Å². The fourth-order valence-corrected chi connectivity index (χ4v) is 3.41. The summed E-state index contributed by atoms with van der Waals surface area (Å²) in [4.78, 5) is 27.4. The number of carbonyl (C=O) groups is 1. The van der Waals surface area contributed by atoms with Crippen LogP contribution in [0.15, 0.2) is 41.3 Å². The van der Waals surface area contributed by atoms with Crippen LogP contribution in [0.2, 0.25) is 0 Å². The number of aromatic nitrogens is 4. The van der Waals surface area contributed by atoms with Crippen molar-refractivity contribution in [2.45, 2.75) is 25.7 Å². The number of rotatable bonds is 3. The lowest BCUT2D eigenvalue weighted by molar-refractivity contribution is 0.0706. The van der Waals surface area contributed by atoms with Crippen molar-refractivity contribution < 1.29 is 13.7 Å². The zero-order chi connectivity index (χ0) is 18.8. The van der Waals surface area contributed by atoms with E-state index < -0.39 is 0 Å². The van der Waals surface area contributed by atoms with Crippen LogP contribution in [0.5, 0.6) is 0 Å². The van der Waals surface area contributed by atoms with Crippen molar-refractivity contribution in [3.05, 3.63) is 59.8 Å². The summed E-state index contributed by atoms with van der Waals surface area (Å²) in [5, 5.41) is 3.97. The average Bonchev–Trinajstić information content (AvgIpc) is 3.14. The molecule has 4 rings (SSSR count). The molecule has 3 aromatic rings. The van der Waals surface area contributed by atoms with Gasteiger partial charge in [-0.3, -0.25) is 4.79 Å². The molecule has 1 amide bonds. The van der Waals surface area contributed by atoms with Gasteiger partial charge in [0, 0.05) is 37.7 Å². The van der Waals surface area contributed by atoms with Crippen LogP contribution in [-0.4, -0.2) is 44.0 Å². The Morgan fingerprint density at radius 2 is 2.11 bits per heavy atom. The molecule has 27 heavy (non-hydrogen) atoms. The van der Waals surface area contributed by atoms with Crippen molar-refractivity contribution in [1.82, 2.24) is 25.0 Å². The zero-order valence-electron chi connectivity index (χ0n) is 14.8. The number of halogens is 1. The van der Waals surface area contributed by atoms with Gasteiger partial charge in [-0.1, -0.05) is 5.16 Å². The quantitative estimate of drug-likeness (QED) is 0.707. The third kappa shape index (κ3) is 3.55. The summed E-state index contributed by atoms with van der Waals surface area (Å²) < 4.78 is 18.2. The van der Waals surface area contributed by atoms with Crippen molar-refractivity contribution in [2.75, 3.05) is 13.1 Å². The number of hydrogen-bond donors (Lipinski definition) is 0. The first-order chi connectivity index (χ1) is 13.1. The van der Waals surface area contributed by atoms with Crippen LogP contribution in [0.25, 0.3) is 11.4 Å². The Balaban J connectivity index is 1.59. The second-order valence-electron chi connectivity index (χ2n) is 6.56. The molecule has 0 spiro atoms. The van der Waals surface area contributed by atoms with Gasteiger partial charge in [0.1, 0.15) is 12.1 Å². The Morgan fingerprint density at radius 1 is 1.30 bits per heavy atom. The molecule has 1 saturated heterocycles. The van der Waals surface area contributed by atoms with E-state index in [1.807, 2.05) is 0 Å². The number of amides is 1. The molecule has 0 radical (unpaired) electrons. The van der Waals surface area contributed by atoms with Crippen LogP contribution in [0, 0.1) is 12.7 Å². The van der Waals surface area contributed by atoms with Crippen molar-refractivity contribution >= 4 is 5.91 Å². The molecule has 1 aliphatic rings. The highest BCUT2D eigenvalue weighted by atomic mass is 19.1. The van der Waals surface area contributed by atoms with Gasteiger partial charge in [-0.2, -0.15) is 4.98 Å². The van der Waals surface area contributed by atoms with Crippen LogP contribution < -0.4 is 0 Å². The molecule has 1 unspecified atom stereocenters. The third-order valence-corrected chi connectivity index (χ3v) is 4.70. The first kappa shape index (κ1) is 17.3. The van der Waals surface area contributed by atoms with Crippen LogP contribution in [0.1, 0.15) is 40.7 Å². The number of hydrogen-bond acceptors (Lipinski definition) is 6. The molecule has 1 atom stereocenters. The monoisotopic (exact) mass is 367 g/mol. The maximum Gasteiger partial charge on any atom is 0.253 e. The number of aryl methyl sites for hydroxylation is 1. The molecular weight excluding hydrogens is 349 g/mol. The lowest BCUT2D eigenvalue weighted by Gasteiger charge is -2.33. The minimum Gasteiger partial charge on any atom is -0.339 e. The molecule has 3 heterocycles. The third-order valence-electron chi connectivity index (χ3n) is 4.70. The molecule has 1 aromatic carbocycles. The fourth-order valence-electron chi connectivity index (χ4n) is 3.41. The highest BCUT2D eigenvalue weighted by Gasteiger charge is 2.29. The number of carbonyl (C=O) groups excluding carboxylic acids is 1. The van der Waals surface area contributed by atoms with E-state index in [-0.39, 0.29) is 17.6 Å². The Labute approximate surface area is 155 Å². The zero-order valence-corrected chi connectivity index (χ0v) is 14.8. The standard InChI is InChI=1S/C19H18FN5O2/c1-12-23-18(24-27-12)16-9-21-11-22-17(16)14-3-2-8-25(10-14)19(26)13-4-6-15(20)7-5-13/h4-7,9,11,14H,2-3,8,10H2,1H3. The Morgan fingerprint density at radius 3 is 2.85 bits per heavy atom. The molecular formula is C19H18FN5O2. The minimum absolute atomic E-state index is 0.0416. The van der Waals surface area contributed by atoms with Crippen molar-refractivity contribution in [3.63, 3.8) is 0 Å². The highest BCUT2D eigenvalue weighted by Crippen LogP contribution is 2.32. The van der Waals surface area contributed by atoms with Gasteiger partial charge in [0.05, 0.1) is 11.3 Å². The van der Waals surface area contributed by atoms with E-state index in [1.165, 1.54) is 30.6 Å². The Bertz CT molecular complexity index is 957. The normalized spacial score (nSPS) is 17.1. The van der Waals surface area contributed by atoms with E-state index in [2.05, 4.69) is 20.1 Å². The van der Waals surface area contributed by atoms with E-state index in [9.17, 15) is 9.18 Å². The van der Waals surface area contributed by atoms with E-state index in [1.54, 1.807) is 18.0 Å². The molecule has 138 valence electrons. The first-order valence-electron chi connectivity index (χ1n) is 8.77. The second-order valence-corrected chi connectivity index (χ2v) is 6.56. The van der Waals surface area contributed by atoms with Gasteiger partial charge < -0.3 is 9.42 Å². The first-order valence-corrected chi connectivity index (χ1v) is 8.77.